The van der Waals surface area contributed by atoms with Crippen molar-refractivity contribution in [2.45, 2.75) is 38.0 Å². The van der Waals surface area contributed by atoms with E-state index in [1.807, 2.05) is 43.3 Å². The molecule has 0 unspecified atom stereocenters. The maximum absolute atomic E-state index is 13.6. The average Bonchev–Trinajstić information content (AvgIpc) is 3.34. The van der Waals surface area contributed by atoms with Crippen LogP contribution < -0.4 is 10.6 Å². The summed E-state index contributed by atoms with van der Waals surface area (Å²) in [7, 11) is 0. The summed E-state index contributed by atoms with van der Waals surface area (Å²) in [6.45, 7) is 3.64. The predicted molar refractivity (Wildman–Crippen MR) is 119 cm³/mol. The molecule has 2 aromatic rings. The first kappa shape index (κ1) is 21.1. The van der Waals surface area contributed by atoms with Gasteiger partial charge in [-0.1, -0.05) is 48.0 Å². The van der Waals surface area contributed by atoms with E-state index in [1.165, 1.54) is 4.90 Å². The van der Waals surface area contributed by atoms with Crippen LogP contribution in [0.5, 0.6) is 0 Å². The molecule has 7 nitrogen and oxygen atoms in total. The van der Waals surface area contributed by atoms with Gasteiger partial charge in [0.15, 0.2) is 0 Å². The molecule has 32 heavy (non-hydrogen) atoms. The van der Waals surface area contributed by atoms with E-state index in [2.05, 4.69) is 10.6 Å². The fraction of sp³-hybridized carbons (Fsp3) is 0.375. The number of hydrogen-bond acceptors (Lipinski definition) is 5. The first-order chi connectivity index (χ1) is 15.3. The topological polar surface area (TPSA) is 98.7 Å². The predicted octanol–water partition coefficient (Wildman–Crippen LogP) is 1.99. The molecule has 2 aromatic carbocycles. The smallest absolute Gasteiger partial charge is 0.250 e. The zero-order chi connectivity index (χ0) is 22.8. The van der Waals surface area contributed by atoms with Crippen molar-refractivity contribution in [1.82, 2.24) is 10.2 Å². The maximum atomic E-state index is 13.6. The molecule has 8 heteroatoms. The summed E-state index contributed by atoms with van der Waals surface area (Å²) in [4.78, 5) is 41.7. The molecule has 0 aromatic heterocycles. The van der Waals surface area contributed by atoms with Gasteiger partial charge in [0.05, 0.1) is 28.6 Å². The zero-order valence-electron chi connectivity index (χ0n) is 17.8. The Labute approximate surface area is 190 Å². The zero-order valence-corrected chi connectivity index (χ0v) is 18.5. The number of carbonyl (C=O) groups excluding carboxylic acids is 3. The summed E-state index contributed by atoms with van der Waals surface area (Å²) < 4.78 is 0. The van der Waals surface area contributed by atoms with Crippen LogP contribution in [-0.2, 0) is 26.3 Å². The summed E-state index contributed by atoms with van der Waals surface area (Å²) in [6, 6.07) is 12.4. The molecular formula is C24H24ClN3O4. The fourth-order valence-corrected chi connectivity index (χ4v) is 5.83. The van der Waals surface area contributed by atoms with Gasteiger partial charge in [-0.15, -0.1) is 0 Å². The fourth-order valence-electron chi connectivity index (χ4n) is 5.50. The Kier molecular flexibility index (Phi) is 4.89. The molecule has 5 atom stereocenters. The number of rotatable bonds is 4. The number of imide groups is 1. The minimum atomic E-state index is -1.45. The van der Waals surface area contributed by atoms with Crippen LogP contribution in [0.3, 0.4) is 0 Å². The maximum Gasteiger partial charge on any atom is 0.250 e. The van der Waals surface area contributed by atoms with E-state index in [1.54, 1.807) is 13.0 Å². The first-order valence-electron chi connectivity index (χ1n) is 10.7. The number of halogens is 1. The summed E-state index contributed by atoms with van der Waals surface area (Å²) in [5, 5.41) is 16.9. The second-order valence-corrected chi connectivity index (χ2v) is 9.32. The van der Waals surface area contributed by atoms with Crippen LogP contribution in [0.4, 0.5) is 5.69 Å². The number of likely N-dealkylation sites (tertiary alicyclic amines) is 1. The Morgan fingerprint density at radius 2 is 1.88 bits per heavy atom. The normalized spacial score (nSPS) is 29.4. The Morgan fingerprint density at radius 3 is 2.56 bits per heavy atom. The number of carbonyl (C=O) groups is 3. The number of hydrogen-bond donors (Lipinski definition) is 3. The summed E-state index contributed by atoms with van der Waals surface area (Å²) in [5.41, 5.74) is 1.39. The van der Waals surface area contributed by atoms with Crippen molar-refractivity contribution in [2.75, 3.05) is 11.9 Å². The van der Waals surface area contributed by atoms with E-state index >= 15 is 0 Å². The van der Waals surface area contributed by atoms with Crippen molar-refractivity contribution in [3.05, 3.63) is 64.2 Å². The number of amides is 3. The molecule has 2 saturated heterocycles. The number of fused-ring (bicyclic) bond motifs is 4. The van der Waals surface area contributed by atoms with Gasteiger partial charge in [0.1, 0.15) is 5.54 Å². The molecular weight excluding hydrogens is 430 g/mol. The number of aryl methyl sites for hydroxylation is 1. The Hall–Kier alpha value is -2.74. The monoisotopic (exact) mass is 453 g/mol. The summed E-state index contributed by atoms with van der Waals surface area (Å²) in [5.74, 6) is -2.97. The molecule has 1 spiro atoms. The molecule has 0 radical (unpaired) electrons. The summed E-state index contributed by atoms with van der Waals surface area (Å²) >= 11 is 6.40. The van der Waals surface area contributed by atoms with Crippen LogP contribution in [0.1, 0.15) is 23.6 Å². The van der Waals surface area contributed by atoms with Gasteiger partial charge >= 0.3 is 0 Å². The van der Waals surface area contributed by atoms with Crippen molar-refractivity contribution < 1.29 is 19.5 Å². The number of nitrogens with one attached hydrogen (secondary N) is 2. The van der Waals surface area contributed by atoms with Crippen molar-refractivity contribution in [2.24, 2.45) is 11.8 Å². The van der Waals surface area contributed by atoms with Crippen LogP contribution in [-0.4, -0.2) is 46.4 Å². The third kappa shape index (κ3) is 2.85. The second-order valence-electron chi connectivity index (χ2n) is 8.91. The van der Waals surface area contributed by atoms with Gasteiger partial charge in [-0.25, -0.2) is 0 Å². The molecule has 0 aliphatic carbocycles. The highest BCUT2D eigenvalue weighted by Crippen LogP contribution is 2.54. The van der Waals surface area contributed by atoms with E-state index in [0.29, 0.717) is 22.7 Å². The standard InChI is InChI=1S/C24H24ClN3O4/c1-12-10-15-20(16(25)11-12)26-23(32)24(15)18-17(19(27-24)13(2)29)21(30)28(22(18)31)9-8-14-6-4-3-5-7-14/h3-7,10-11,13,17-19,27,29H,8-9H2,1-2H3,(H,26,32)/t13-,17+,18+,19-,24-/m1/s1. The first-order valence-corrected chi connectivity index (χ1v) is 11.1. The van der Waals surface area contributed by atoms with E-state index in [4.69, 9.17) is 11.6 Å². The van der Waals surface area contributed by atoms with Crippen molar-refractivity contribution in [1.29, 1.82) is 0 Å². The lowest BCUT2D eigenvalue weighted by Crippen LogP contribution is -2.55. The van der Waals surface area contributed by atoms with E-state index in [0.717, 1.165) is 11.1 Å². The van der Waals surface area contributed by atoms with E-state index in [-0.39, 0.29) is 12.5 Å². The lowest BCUT2D eigenvalue weighted by Gasteiger charge is -2.30. The molecule has 0 saturated carbocycles. The highest BCUT2D eigenvalue weighted by atomic mass is 35.5. The number of aliphatic hydroxyl groups excluding tert-OH is 1. The van der Waals surface area contributed by atoms with Gasteiger partial charge in [0.25, 0.3) is 0 Å². The highest BCUT2D eigenvalue weighted by Gasteiger charge is 2.71. The molecule has 2 fully saturated rings. The molecule has 3 amide bonds. The van der Waals surface area contributed by atoms with Crippen molar-refractivity contribution >= 4 is 35.0 Å². The minimum Gasteiger partial charge on any atom is -0.392 e. The third-order valence-corrected chi connectivity index (χ3v) is 7.23. The van der Waals surface area contributed by atoms with Crippen molar-refractivity contribution in [3.63, 3.8) is 0 Å². The largest absolute Gasteiger partial charge is 0.392 e. The summed E-state index contributed by atoms with van der Waals surface area (Å²) in [6.07, 6.45) is -0.421. The van der Waals surface area contributed by atoms with Gasteiger partial charge in [-0.05, 0) is 37.5 Å². The third-order valence-electron chi connectivity index (χ3n) is 6.93. The van der Waals surface area contributed by atoms with Gasteiger partial charge in [-0.3, -0.25) is 24.6 Å². The number of nitrogens with zero attached hydrogens (tertiary/aromatic N) is 1. The van der Waals surface area contributed by atoms with Gasteiger partial charge in [-0.2, -0.15) is 0 Å². The molecule has 3 N–H and O–H groups in total. The Morgan fingerprint density at radius 1 is 1.16 bits per heavy atom. The Balaban J connectivity index is 1.58. The molecule has 5 rings (SSSR count). The van der Waals surface area contributed by atoms with E-state index in [9.17, 15) is 19.5 Å². The number of anilines is 1. The second kappa shape index (κ2) is 7.40. The minimum absolute atomic E-state index is 0.223. The SMILES string of the molecule is Cc1cc(Cl)c2c(c1)[C@]1(N[C@H]([C@@H](C)O)[C@H]3C(=O)N(CCc4ccccc4)C(=O)[C@H]31)C(=O)N2. The quantitative estimate of drug-likeness (QED) is 0.615. The van der Waals surface area contributed by atoms with Crippen LogP contribution >= 0.6 is 11.6 Å². The number of aliphatic hydroxyl groups is 1. The van der Waals surface area contributed by atoms with Crippen LogP contribution in [0, 0.1) is 18.8 Å². The Bertz CT molecular complexity index is 1140. The van der Waals surface area contributed by atoms with Crippen molar-refractivity contribution in [3.8, 4) is 0 Å². The molecule has 3 aliphatic rings. The lowest BCUT2D eigenvalue weighted by atomic mass is 9.76. The molecule has 0 bridgehead atoms. The highest BCUT2D eigenvalue weighted by molar-refractivity contribution is 6.35. The lowest BCUT2D eigenvalue weighted by molar-refractivity contribution is -0.143. The van der Waals surface area contributed by atoms with Gasteiger partial charge < -0.3 is 10.4 Å². The molecule has 3 aliphatic heterocycles. The van der Waals surface area contributed by atoms with Gasteiger partial charge in [0.2, 0.25) is 17.7 Å². The molecule has 166 valence electrons. The molecule has 3 heterocycles. The number of benzene rings is 2. The van der Waals surface area contributed by atoms with Crippen LogP contribution in [0.25, 0.3) is 0 Å². The average molecular weight is 454 g/mol. The van der Waals surface area contributed by atoms with Gasteiger partial charge in [0, 0.05) is 18.2 Å². The van der Waals surface area contributed by atoms with E-state index < -0.39 is 41.3 Å². The van der Waals surface area contributed by atoms with Crippen LogP contribution in [0.15, 0.2) is 42.5 Å². The van der Waals surface area contributed by atoms with Crippen LogP contribution in [0.2, 0.25) is 5.02 Å².